The molecule has 0 saturated heterocycles. The maximum Gasteiger partial charge on any atom is -0.0162 e. The maximum absolute atomic E-state index is 2.54. The summed E-state index contributed by atoms with van der Waals surface area (Å²) in [6.45, 7) is 4.63. The molecule has 30 heavy (non-hydrogen) atoms. The van der Waals surface area contributed by atoms with Gasteiger partial charge in [0.25, 0.3) is 0 Å². The zero-order valence-electron chi connectivity index (χ0n) is 20.1. The van der Waals surface area contributed by atoms with Crippen molar-refractivity contribution in [2.24, 2.45) is 11.8 Å². The predicted molar refractivity (Wildman–Crippen MR) is 134 cm³/mol. The van der Waals surface area contributed by atoms with Crippen LogP contribution in [0.2, 0.25) is 0 Å². The Labute approximate surface area is 187 Å². The van der Waals surface area contributed by atoms with E-state index in [0.29, 0.717) is 0 Å². The minimum atomic E-state index is 0.818. The Morgan fingerprint density at radius 3 is 2.00 bits per heavy atom. The van der Waals surface area contributed by atoms with Gasteiger partial charge in [-0.15, -0.1) is 0 Å². The summed E-state index contributed by atoms with van der Waals surface area (Å²) >= 11 is 0. The first-order valence-corrected chi connectivity index (χ1v) is 13.6. The topological polar surface area (TPSA) is 0 Å². The monoisotopic (exact) mass is 408 g/mol. The van der Waals surface area contributed by atoms with Crippen LogP contribution in [0.3, 0.4) is 0 Å². The molecule has 0 spiro atoms. The number of allylic oxidation sites excluding steroid dienone is 2. The largest absolute Gasteiger partial charge is 0.0804 e. The molecule has 1 saturated carbocycles. The lowest BCUT2D eigenvalue weighted by Crippen LogP contribution is -2.13. The van der Waals surface area contributed by atoms with E-state index in [2.05, 4.69) is 44.2 Å². The quantitative estimate of drug-likeness (QED) is 0.302. The van der Waals surface area contributed by atoms with E-state index in [9.17, 15) is 0 Å². The van der Waals surface area contributed by atoms with Gasteiger partial charge in [0, 0.05) is 0 Å². The van der Waals surface area contributed by atoms with Crippen molar-refractivity contribution >= 4 is 5.57 Å². The summed E-state index contributed by atoms with van der Waals surface area (Å²) in [6.07, 6.45) is 26.7. The molecule has 0 N–H and O–H groups in total. The van der Waals surface area contributed by atoms with Crippen molar-refractivity contribution in [3.8, 4) is 0 Å². The highest BCUT2D eigenvalue weighted by molar-refractivity contribution is 5.66. The van der Waals surface area contributed by atoms with Crippen molar-refractivity contribution in [3.05, 3.63) is 41.5 Å². The van der Waals surface area contributed by atoms with Crippen LogP contribution in [0.25, 0.3) is 5.57 Å². The lowest BCUT2D eigenvalue weighted by Gasteiger charge is -2.29. The molecule has 3 rings (SSSR count). The van der Waals surface area contributed by atoms with Crippen LogP contribution in [0.4, 0.5) is 0 Å². The second-order valence-electron chi connectivity index (χ2n) is 10.4. The summed E-state index contributed by atoms with van der Waals surface area (Å²) in [4.78, 5) is 0. The molecule has 0 aromatic heterocycles. The minimum Gasteiger partial charge on any atom is -0.0804 e. The van der Waals surface area contributed by atoms with E-state index in [1.54, 1.807) is 11.1 Å². The molecule has 0 heteroatoms. The van der Waals surface area contributed by atoms with Gasteiger partial charge in [-0.05, 0) is 79.4 Å². The summed E-state index contributed by atoms with van der Waals surface area (Å²) in [7, 11) is 0. The molecule has 2 aliphatic rings. The van der Waals surface area contributed by atoms with Gasteiger partial charge >= 0.3 is 0 Å². The smallest absolute Gasteiger partial charge is 0.0162 e. The van der Waals surface area contributed by atoms with E-state index >= 15 is 0 Å². The molecule has 0 nitrogen and oxygen atoms in total. The number of hydrogen-bond donors (Lipinski definition) is 0. The van der Waals surface area contributed by atoms with E-state index in [1.807, 2.05) is 0 Å². The highest BCUT2D eigenvalue weighted by Crippen LogP contribution is 2.39. The molecule has 0 amide bonds. The molecule has 1 fully saturated rings. The maximum atomic E-state index is 2.54. The fraction of sp³-hybridized carbons (Fsp3) is 0.733. The third-order valence-electron chi connectivity index (χ3n) is 8.03. The average molecular weight is 409 g/mol. The second kappa shape index (κ2) is 13.4. The van der Waals surface area contributed by atoms with Gasteiger partial charge in [0.05, 0.1) is 0 Å². The van der Waals surface area contributed by atoms with Crippen LogP contribution in [0.15, 0.2) is 30.3 Å². The molecule has 0 bridgehead atoms. The fourth-order valence-electron chi connectivity index (χ4n) is 5.97. The lowest BCUT2D eigenvalue weighted by molar-refractivity contribution is 0.302. The van der Waals surface area contributed by atoms with Crippen molar-refractivity contribution in [2.75, 3.05) is 0 Å². The highest BCUT2D eigenvalue weighted by Gasteiger charge is 2.22. The molecular formula is C30H48. The number of hydrogen-bond acceptors (Lipinski definition) is 0. The Hall–Kier alpha value is -1.04. The highest BCUT2D eigenvalue weighted by atomic mass is 14.3. The van der Waals surface area contributed by atoms with E-state index in [-0.39, 0.29) is 0 Å². The summed E-state index contributed by atoms with van der Waals surface area (Å²) in [5, 5.41) is 0. The molecule has 1 aromatic carbocycles. The third-order valence-corrected chi connectivity index (χ3v) is 8.03. The van der Waals surface area contributed by atoms with E-state index in [4.69, 9.17) is 0 Å². The molecule has 1 aromatic rings. The number of benzene rings is 1. The minimum absolute atomic E-state index is 0.818. The molecular weight excluding hydrogens is 360 g/mol. The first kappa shape index (κ1) is 23.6. The van der Waals surface area contributed by atoms with E-state index < -0.39 is 0 Å². The molecule has 1 atom stereocenters. The van der Waals surface area contributed by atoms with Gasteiger partial charge in [-0.25, -0.2) is 0 Å². The van der Waals surface area contributed by atoms with Gasteiger partial charge in [0.15, 0.2) is 0 Å². The first-order valence-electron chi connectivity index (χ1n) is 13.6. The Balaban J connectivity index is 1.36. The second-order valence-corrected chi connectivity index (χ2v) is 10.4. The molecule has 168 valence electrons. The SMILES string of the molecule is CCCCCCCCC[C@H]1CC[C@H](c2ccc(C3=CCC(CCC)CC3)cc2)CC1. The van der Waals surface area contributed by atoms with Gasteiger partial charge in [-0.2, -0.15) is 0 Å². The summed E-state index contributed by atoms with van der Waals surface area (Å²) in [6, 6.07) is 9.75. The third kappa shape index (κ3) is 7.58. The first-order chi connectivity index (χ1) is 14.8. The van der Waals surface area contributed by atoms with Crippen LogP contribution >= 0.6 is 0 Å². The molecule has 0 radical (unpaired) electrons. The van der Waals surface area contributed by atoms with Gasteiger partial charge in [-0.3, -0.25) is 0 Å². The van der Waals surface area contributed by atoms with E-state index in [0.717, 1.165) is 17.8 Å². The van der Waals surface area contributed by atoms with Crippen molar-refractivity contribution < 1.29 is 0 Å². The van der Waals surface area contributed by atoms with Crippen LogP contribution < -0.4 is 0 Å². The van der Waals surface area contributed by atoms with Crippen LogP contribution in [-0.4, -0.2) is 0 Å². The number of rotatable bonds is 12. The van der Waals surface area contributed by atoms with Crippen molar-refractivity contribution in [3.63, 3.8) is 0 Å². The van der Waals surface area contributed by atoms with Crippen LogP contribution in [-0.2, 0) is 0 Å². The zero-order chi connectivity index (χ0) is 21.0. The normalized spacial score (nSPS) is 24.6. The van der Waals surface area contributed by atoms with Gasteiger partial charge < -0.3 is 0 Å². The van der Waals surface area contributed by atoms with Crippen molar-refractivity contribution in [2.45, 2.75) is 129 Å². The lowest BCUT2D eigenvalue weighted by atomic mass is 9.76. The van der Waals surface area contributed by atoms with Gasteiger partial charge in [0.1, 0.15) is 0 Å². The summed E-state index contributed by atoms with van der Waals surface area (Å²) in [5.74, 6) is 2.77. The number of unbranched alkanes of at least 4 members (excludes halogenated alkanes) is 6. The standard InChI is InChI=1S/C30H48/c1-3-5-6-7-8-9-10-12-26-15-19-28(20-16-26)30-23-21-29(22-24-30)27-17-13-25(11-4-2)14-18-27/h17,21-26,28H,3-16,18-20H2,1-2H3/t25?,26-,28-. The van der Waals surface area contributed by atoms with Gasteiger partial charge in [0.2, 0.25) is 0 Å². The average Bonchev–Trinajstić information content (AvgIpc) is 2.80. The van der Waals surface area contributed by atoms with E-state index in [1.165, 1.54) is 115 Å². The van der Waals surface area contributed by atoms with Gasteiger partial charge in [-0.1, -0.05) is 108 Å². The van der Waals surface area contributed by atoms with Crippen molar-refractivity contribution in [1.29, 1.82) is 0 Å². The summed E-state index contributed by atoms with van der Waals surface area (Å²) < 4.78 is 0. The Bertz CT molecular complexity index is 599. The molecule has 0 heterocycles. The Morgan fingerprint density at radius 1 is 0.667 bits per heavy atom. The Morgan fingerprint density at radius 2 is 1.37 bits per heavy atom. The van der Waals surface area contributed by atoms with Crippen LogP contribution in [0, 0.1) is 11.8 Å². The predicted octanol–water partition coefficient (Wildman–Crippen LogP) is 10.1. The van der Waals surface area contributed by atoms with Crippen molar-refractivity contribution in [1.82, 2.24) is 0 Å². The van der Waals surface area contributed by atoms with Crippen LogP contribution in [0.5, 0.6) is 0 Å². The summed E-state index contributed by atoms with van der Waals surface area (Å²) in [5.41, 5.74) is 4.70. The Kier molecular flexibility index (Phi) is 10.5. The van der Waals surface area contributed by atoms with Crippen LogP contribution in [0.1, 0.15) is 140 Å². The molecule has 2 aliphatic carbocycles. The molecule has 0 aliphatic heterocycles. The zero-order valence-corrected chi connectivity index (χ0v) is 20.1. The molecule has 1 unspecified atom stereocenters. The fourth-order valence-corrected chi connectivity index (χ4v) is 5.97.